The Morgan fingerprint density at radius 2 is 1.45 bits per heavy atom. The highest BCUT2D eigenvalue weighted by Crippen LogP contribution is 2.20. The molecular formula is C16H27Cl2N5O8. The summed E-state index contributed by atoms with van der Waals surface area (Å²) in [5.74, 6) is 0.906. The summed E-state index contributed by atoms with van der Waals surface area (Å²) in [6.45, 7) is 3.12. The number of halogens is 2. The second kappa shape index (κ2) is 20.6. The molecule has 0 fully saturated rings. The Labute approximate surface area is 190 Å². The molecular weight excluding hydrogens is 461 g/mol. The van der Waals surface area contributed by atoms with Crippen molar-refractivity contribution in [3.8, 4) is 0 Å². The predicted molar refractivity (Wildman–Crippen MR) is 118 cm³/mol. The Morgan fingerprint density at radius 1 is 0.935 bits per heavy atom. The van der Waals surface area contributed by atoms with E-state index >= 15 is 0 Å². The molecule has 1 aromatic heterocycles. The molecule has 0 aliphatic carbocycles. The van der Waals surface area contributed by atoms with Crippen molar-refractivity contribution in [3.63, 3.8) is 0 Å². The number of nitrogens with one attached hydrogen (secondary N) is 1. The van der Waals surface area contributed by atoms with E-state index in [-0.39, 0.29) is 38.0 Å². The molecule has 1 aromatic carbocycles. The second-order valence-electron chi connectivity index (χ2n) is 5.43. The van der Waals surface area contributed by atoms with E-state index in [1.807, 2.05) is 24.4 Å². The van der Waals surface area contributed by atoms with E-state index in [0.717, 1.165) is 30.7 Å². The maximum absolute atomic E-state index is 8.97. The van der Waals surface area contributed by atoms with Crippen molar-refractivity contribution in [2.24, 2.45) is 0 Å². The monoisotopic (exact) mass is 487 g/mol. The average molecular weight is 488 g/mol. The first-order chi connectivity index (χ1) is 13.8. The number of fused-ring (bicyclic) bond motifs is 1. The zero-order chi connectivity index (χ0) is 22.1. The molecule has 178 valence electrons. The van der Waals surface area contributed by atoms with Gasteiger partial charge in [-0.05, 0) is 24.4 Å². The van der Waals surface area contributed by atoms with Crippen molar-refractivity contribution in [2.75, 3.05) is 44.7 Å². The van der Waals surface area contributed by atoms with Crippen LogP contribution >= 0.6 is 24.8 Å². The van der Waals surface area contributed by atoms with Gasteiger partial charge in [-0.15, -0.1) is 45.0 Å². The van der Waals surface area contributed by atoms with E-state index in [9.17, 15) is 0 Å². The summed E-state index contributed by atoms with van der Waals surface area (Å²) in [4.78, 5) is 23.2. The Hall–Kier alpha value is -2.71. The fourth-order valence-electron chi connectivity index (χ4n) is 2.39. The molecule has 2 aromatic rings. The molecule has 0 amide bonds. The summed E-state index contributed by atoms with van der Waals surface area (Å²) in [6.07, 6.45) is 2.75. The molecule has 0 saturated heterocycles. The molecule has 0 unspecified atom stereocenters. The zero-order valence-electron chi connectivity index (χ0n) is 16.4. The zero-order valence-corrected chi connectivity index (χ0v) is 18.1. The van der Waals surface area contributed by atoms with Gasteiger partial charge >= 0.3 is 0 Å². The predicted octanol–water partition coefficient (Wildman–Crippen LogP) is 1.47. The summed E-state index contributed by atoms with van der Waals surface area (Å²) < 4.78 is 0. The first kappa shape index (κ1) is 32.9. The van der Waals surface area contributed by atoms with Crippen LogP contribution in [0.25, 0.3) is 10.8 Å². The number of pyridine rings is 1. The third-order valence-electron chi connectivity index (χ3n) is 3.45. The van der Waals surface area contributed by atoms with Gasteiger partial charge in [0.05, 0.1) is 13.2 Å². The highest BCUT2D eigenvalue weighted by molar-refractivity contribution is 5.91. The maximum atomic E-state index is 8.97. The number of benzene rings is 1. The van der Waals surface area contributed by atoms with Gasteiger partial charge in [-0.3, -0.25) is 4.90 Å². The lowest BCUT2D eigenvalue weighted by Crippen LogP contribution is -2.31. The van der Waals surface area contributed by atoms with Gasteiger partial charge in [-0.1, -0.05) is 24.3 Å². The molecule has 0 bridgehead atoms. The van der Waals surface area contributed by atoms with Gasteiger partial charge in [0.15, 0.2) is 0 Å². The summed E-state index contributed by atoms with van der Waals surface area (Å²) >= 11 is 0. The van der Waals surface area contributed by atoms with Gasteiger partial charge < -0.3 is 25.9 Å². The summed E-state index contributed by atoms with van der Waals surface area (Å²) in [5, 5.41) is 50.9. The minimum absolute atomic E-state index is 0. The van der Waals surface area contributed by atoms with Crippen molar-refractivity contribution in [1.82, 2.24) is 9.88 Å². The number of aliphatic hydroxyl groups excluding tert-OH is 2. The largest absolute Gasteiger partial charge is 0.395 e. The highest BCUT2D eigenvalue weighted by Gasteiger charge is 2.04. The minimum Gasteiger partial charge on any atom is -0.395 e. The number of hydrogen-bond acceptors (Lipinski definition) is 9. The van der Waals surface area contributed by atoms with Crippen molar-refractivity contribution in [3.05, 3.63) is 56.8 Å². The number of aliphatic hydroxyl groups is 2. The lowest BCUT2D eigenvalue weighted by atomic mass is 10.1. The Balaban J connectivity index is -0.000000678. The summed E-state index contributed by atoms with van der Waals surface area (Å²) in [5.41, 5.74) is 0. The fourth-order valence-corrected chi connectivity index (χ4v) is 2.39. The van der Waals surface area contributed by atoms with Crippen LogP contribution in [-0.2, 0) is 0 Å². The smallest absolute Gasteiger partial charge is 0.291 e. The summed E-state index contributed by atoms with van der Waals surface area (Å²) in [7, 11) is 0. The molecule has 0 atom stereocenters. The van der Waals surface area contributed by atoms with E-state index < -0.39 is 10.2 Å². The highest BCUT2D eigenvalue weighted by atomic mass is 35.5. The van der Waals surface area contributed by atoms with Crippen LogP contribution in [0.15, 0.2) is 36.5 Å². The topological polar surface area (TPSA) is 195 Å². The standard InChI is InChI=1S/C16H23N3O2.2ClH.2HNO3/c20-12-10-19(11-13-21)9-3-7-17-16-15-5-2-1-4-14(15)6-8-18-16;;;2*2-1(3)4/h1-2,4-6,8,20-21H,3,7,9-13H2,(H,17,18);2*1H;2*(H,2,3,4). The van der Waals surface area contributed by atoms with Crippen molar-refractivity contribution < 1.29 is 30.8 Å². The SMILES string of the molecule is Cl.Cl.O=[N+]([O-])O.O=[N+]([O-])O.OCCN(CCO)CCCNc1nccc2ccccc12. The van der Waals surface area contributed by atoms with Gasteiger partial charge in [0.1, 0.15) is 5.82 Å². The van der Waals surface area contributed by atoms with Gasteiger partial charge in [0.2, 0.25) is 0 Å². The van der Waals surface area contributed by atoms with Crippen LogP contribution in [0.5, 0.6) is 0 Å². The fraction of sp³-hybridized carbons (Fsp3) is 0.438. The van der Waals surface area contributed by atoms with Gasteiger partial charge in [-0.2, -0.15) is 0 Å². The molecule has 13 nitrogen and oxygen atoms in total. The van der Waals surface area contributed by atoms with Crippen LogP contribution in [0.2, 0.25) is 0 Å². The number of hydrogen-bond donors (Lipinski definition) is 5. The average Bonchev–Trinajstić information content (AvgIpc) is 2.65. The molecule has 0 radical (unpaired) electrons. The first-order valence-electron chi connectivity index (χ1n) is 8.50. The quantitative estimate of drug-likeness (QED) is 0.195. The van der Waals surface area contributed by atoms with Crippen molar-refractivity contribution >= 4 is 41.4 Å². The van der Waals surface area contributed by atoms with E-state index in [2.05, 4.69) is 27.3 Å². The van der Waals surface area contributed by atoms with Gasteiger partial charge in [0.25, 0.3) is 10.2 Å². The maximum Gasteiger partial charge on any atom is 0.291 e. The molecule has 2 rings (SSSR count). The number of anilines is 1. The molecule has 0 spiro atoms. The minimum atomic E-state index is -1.50. The number of rotatable bonds is 9. The van der Waals surface area contributed by atoms with Crippen LogP contribution in [0.3, 0.4) is 0 Å². The molecule has 31 heavy (non-hydrogen) atoms. The van der Waals surface area contributed by atoms with Crippen LogP contribution < -0.4 is 5.32 Å². The van der Waals surface area contributed by atoms with Crippen molar-refractivity contribution in [2.45, 2.75) is 6.42 Å². The van der Waals surface area contributed by atoms with E-state index in [0.29, 0.717) is 13.1 Å². The third kappa shape index (κ3) is 17.8. The van der Waals surface area contributed by atoms with Gasteiger partial charge in [-0.25, -0.2) is 4.98 Å². The second-order valence-corrected chi connectivity index (χ2v) is 5.43. The Kier molecular flexibility index (Phi) is 21.8. The molecule has 15 heteroatoms. The normalized spacial score (nSPS) is 9.13. The third-order valence-corrected chi connectivity index (χ3v) is 3.45. The first-order valence-corrected chi connectivity index (χ1v) is 8.50. The lowest BCUT2D eigenvalue weighted by molar-refractivity contribution is -0.742. The molecule has 1 heterocycles. The molecule has 0 saturated carbocycles. The lowest BCUT2D eigenvalue weighted by Gasteiger charge is -2.20. The van der Waals surface area contributed by atoms with E-state index in [1.165, 1.54) is 5.39 Å². The molecule has 0 aliphatic rings. The van der Waals surface area contributed by atoms with Crippen LogP contribution in [0.4, 0.5) is 5.82 Å². The Morgan fingerprint density at radius 3 is 1.97 bits per heavy atom. The summed E-state index contributed by atoms with van der Waals surface area (Å²) in [6, 6.07) is 10.2. The molecule has 0 aliphatic heterocycles. The number of nitrogens with zero attached hydrogens (tertiary/aromatic N) is 4. The Bertz CT molecular complexity index is 713. The van der Waals surface area contributed by atoms with E-state index in [1.54, 1.807) is 0 Å². The number of aromatic nitrogens is 1. The molecule has 5 N–H and O–H groups in total. The van der Waals surface area contributed by atoms with Gasteiger partial charge in [0, 0.05) is 31.2 Å². The van der Waals surface area contributed by atoms with Crippen LogP contribution in [0, 0.1) is 20.2 Å². The van der Waals surface area contributed by atoms with Crippen LogP contribution in [0.1, 0.15) is 6.42 Å². The van der Waals surface area contributed by atoms with Crippen LogP contribution in [-0.4, -0.2) is 80.1 Å². The van der Waals surface area contributed by atoms with E-state index in [4.69, 9.17) is 40.9 Å². The van der Waals surface area contributed by atoms with Crippen molar-refractivity contribution in [1.29, 1.82) is 0 Å².